The molecule has 0 fully saturated rings. The van der Waals surface area contributed by atoms with Gasteiger partial charge in [-0.2, -0.15) is 0 Å². The van der Waals surface area contributed by atoms with E-state index in [1.165, 1.54) is 0 Å². The molecule has 2 N–H and O–H groups in total. The largest absolute Gasteiger partial charge is 0.497 e. The lowest BCUT2D eigenvalue weighted by Gasteiger charge is -2.08. The minimum atomic E-state index is 0.516. The Balaban J connectivity index is 2.55. The van der Waals surface area contributed by atoms with Gasteiger partial charge in [-0.05, 0) is 19.1 Å². The molecule has 0 radical (unpaired) electrons. The Hall–Kier alpha value is -2.17. The van der Waals surface area contributed by atoms with E-state index < -0.39 is 0 Å². The summed E-state index contributed by atoms with van der Waals surface area (Å²) in [6, 6.07) is 5.41. The molecule has 0 atom stereocenters. The minimum Gasteiger partial charge on any atom is -0.497 e. The van der Waals surface area contributed by atoms with Crippen molar-refractivity contribution >= 4 is 5.69 Å². The second-order valence-corrected chi connectivity index (χ2v) is 3.58. The Morgan fingerprint density at radius 3 is 2.53 bits per heavy atom. The second-order valence-electron chi connectivity index (χ2n) is 3.58. The number of anilines is 1. The highest BCUT2D eigenvalue weighted by atomic mass is 16.5. The zero-order valence-electron chi connectivity index (χ0n) is 9.98. The van der Waals surface area contributed by atoms with Crippen LogP contribution in [-0.2, 0) is 0 Å². The molecule has 0 spiro atoms. The van der Waals surface area contributed by atoms with Crippen LogP contribution in [0.4, 0.5) is 5.69 Å². The summed E-state index contributed by atoms with van der Waals surface area (Å²) in [5.74, 6) is 1.86. The van der Waals surface area contributed by atoms with Crippen molar-refractivity contribution in [3.05, 3.63) is 23.9 Å². The molecule has 1 aromatic heterocycles. The number of benzene rings is 1. The predicted molar refractivity (Wildman–Crippen MR) is 64.2 cm³/mol. The topological polar surface area (TPSA) is 70.5 Å². The first kappa shape index (κ1) is 11.3. The number of nitrogens with two attached hydrogens (primary N) is 1. The summed E-state index contributed by atoms with van der Waals surface area (Å²) in [7, 11) is 3.18. The number of nitrogen functional groups attached to an aromatic ring is 1. The van der Waals surface area contributed by atoms with Gasteiger partial charge in [-0.1, -0.05) is 5.16 Å². The number of aromatic nitrogens is 1. The van der Waals surface area contributed by atoms with Crippen molar-refractivity contribution in [2.75, 3.05) is 20.0 Å². The summed E-state index contributed by atoms with van der Waals surface area (Å²) in [4.78, 5) is 0. The van der Waals surface area contributed by atoms with Crippen molar-refractivity contribution in [1.29, 1.82) is 0 Å². The van der Waals surface area contributed by atoms with E-state index in [-0.39, 0.29) is 0 Å². The molecule has 0 unspecified atom stereocenters. The van der Waals surface area contributed by atoms with Gasteiger partial charge in [0.1, 0.15) is 22.9 Å². The first-order chi connectivity index (χ1) is 8.17. The van der Waals surface area contributed by atoms with Crippen LogP contribution in [-0.4, -0.2) is 19.4 Å². The van der Waals surface area contributed by atoms with Crippen molar-refractivity contribution in [2.24, 2.45) is 0 Å². The first-order valence-corrected chi connectivity index (χ1v) is 5.11. The van der Waals surface area contributed by atoms with E-state index in [2.05, 4.69) is 5.16 Å². The molecule has 0 saturated carbocycles. The first-order valence-electron chi connectivity index (χ1n) is 5.11. The summed E-state index contributed by atoms with van der Waals surface area (Å²) < 4.78 is 15.6. The monoisotopic (exact) mass is 234 g/mol. The van der Waals surface area contributed by atoms with E-state index in [0.717, 1.165) is 5.56 Å². The highest BCUT2D eigenvalue weighted by Crippen LogP contribution is 2.37. The fraction of sp³-hybridized carbons (Fsp3) is 0.250. The molecular weight excluding hydrogens is 220 g/mol. The predicted octanol–water partition coefficient (Wildman–Crippen LogP) is 2.25. The molecule has 0 aliphatic carbocycles. The van der Waals surface area contributed by atoms with Crippen molar-refractivity contribution in [2.45, 2.75) is 6.92 Å². The molecule has 0 amide bonds. The lowest BCUT2D eigenvalue weighted by Crippen LogP contribution is -1.92. The van der Waals surface area contributed by atoms with Gasteiger partial charge in [0, 0.05) is 6.07 Å². The van der Waals surface area contributed by atoms with Crippen LogP contribution in [0.5, 0.6) is 11.5 Å². The fourth-order valence-electron chi connectivity index (χ4n) is 1.56. The van der Waals surface area contributed by atoms with Gasteiger partial charge in [0.15, 0.2) is 5.76 Å². The highest BCUT2D eigenvalue weighted by molar-refractivity contribution is 5.77. The van der Waals surface area contributed by atoms with Crippen LogP contribution in [0, 0.1) is 6.92 Å². The summed E-state index contributed by atoms with van der Waals surface area (Å²) in [5.41, 5.74) is 7.83. The average molecular weight is 234 g/mol. The average Bonchev–Trinajstić information content (AvgIpc) is 2.69. The zero-order chi connectivity index (χ0) is 12.4. The van der Waals surface area contributed by atoms with Gasteiger partial charge in [0.25, 0.3) is 0 Å². The molecule has 0 saturated heterocycles. The third-order valence-corrected chi connectivity index (χ3v) is 2.56. The number of hydrogen-bond donors (Lipinski definition) is 1. The van der Waals surface area contributed by atoms with Crippen LogP contribution in [0.25, 0.3) is 11.3 Å². The van der Waals surface area contributed by atoms with Gasteiger partial charge in [-0.15, -0.1) is 0 Å². The van der Waals surface area contributed by atoms with Gasteiger partial charge in [0.2, 0.25) is 0 Å². The minimum absolute atomic E-state index is 0.516. The van der Waals surface area contributed by atoms with Crippen LogP contribution in [0.1, 0.15) is 5.69 Å². The maximum Gasteiger partial charge on any atom is 0.193 e. The number of nitrogens with zero attached hydrogens (tertiary/aromatic N) is 1. The molecule has 17 heavy (non-hydrogen) atoms. The molecule has 0 aliphatic heterocycles. The SMILES string of the molecule is COc1ccc(-c2onc(C)c2N)c(OC)c1. The van der Waals surface area contributed by atoms with Crippen LogP contribution in [0.2, 0.25) is 0 Å². The molecular formula is C12H14N2O3. The Morgan fingerprint density at radius 1 is 1.24 bits per heavy atom. The molecule has 2 rings (SSSR count). The summed E-state index contributed by atoms with van der Waals surface area (Å²) in [6.07, 6.45) is 0. The lowest BCUT2D eigenvalue weighted by atomic mass is 10.1. The van der Waals surface area contributed by atoms with Gasteiger partial charge in [0.05, 0.1) is 19.8 Å². The molecule has 0 aliphatic rings. The Kier molecular flexibility index (Phi) is 2.91. The van der Waals surface area contributed by atoms with Gasteiger partial charge >= 0.3 is 0 Å². The van der Waals surface area contributed by atoms with Crippen LogP contribution >= 0.6 is 0 Å². The Bertz CT molecular complexity index is 535. The third kappa shape index (κ3) is 1.91. The van der Waals surface area contributed by atoms with Gasteiger partial charge in [-0.25, -0.2) is 0 Å². The van der Waals surface area contributed by atoms with Crippen molar-refractivity contribution in [3.63, 3.8) is 0 Å². The van der Waals surface area contributed by atoms with E-state index in [1.807, 2.05) is 12.1 Å². The fourth-order valence-corrected chi connectivity index (χ4v) is 1.56. The van der Waals surface area contributed by atoms with Gasteiger partial charge in [-0.3, -0.25) is 0 Å². The van der Waals surface area contributed by atoms with Crippen LogP contribution in [0.15, 0.2) is 22.7 Å². The van der Waals surface area contributed by atoms with Gasteiger partial charge < -0.3 is 19.7 Å². The smallest absolute Gasteiger partial charge is 0.193 e. The van der Waals surface area contributed by atoms with E-state index in [0.29, 0.717) is 28.6 Å². The molecule has 5 nitrogen and oxygen atoms in total. The molecule has 1 aromatic carbocycles. The summed E-state index contributed by atoms with van der Waals surface area (Å²) in [6.45, 7) is 1.79. The maximum absolute atomic E-state index is 5.89. The highest BCUT2D eigenvalue weighted by Gasteiger charge is 2.16. The van der Waals surface area contributed by atoms with Crippen molar-refractivity contribution in [3.8, 4) is 22.8 Å². The Labute approximate surface area is 99.1 Å². The second kappa shape index (κ2) is 4.37. The molecule has 0 bridgehead atoms. The standard InChI is InChI=1S/C12H14N2O3/c1-7-11(13)12(17-14-7)9-5-4-8(15-2)6-10(9)16-3/h4-6H,13H2,1-3H3. The number of aryl methyl sites for hydroxylation is 1. The number of hydrogen-bond acceptors (Lipinski definition) is 5. The molecule has 90 valence electrons. The molecule has 1 heterocycles. The zero-order valence-corrected chi connectivity index (χ0v) is 9.98. The third-order valence-electron chi connectivity index (χ3n) is 2.56. The van der Waals surface area contributed by atoms with E-state index in [1.54, 1.807) is 27.2 Å². The summed E-state index contributed by atoms with van der Waals surface area (Å²) in [5, 5.41) is 3.82. The number of ether oxygens (including phenoxy) is 2. The Morgan fingerprint density at radius 2 is 2.00 bits per heavy atom. The lowest BCUT2D eigenvalue weighted by molar-refractivity contribution is 0.391. The van der Waals surface area contributed by atoms with E-state index in [9.17, 15) is 0 Å². The van der Waals surface area contributed by atoms with Crippen molar-refractivity contribution in [1.82, 2.24) is 5.16 Å². The maximum atomic E-state index is 5.89. The summed E-state index contributed by atoms with van der Waals surface area (Å²) >= 11 is 0. The molecule has 5 heteroatoms. The van der Waals surface area contributed by atoms with E-state index >= 15 is 0 Å². The number of rotatable bonds is 3. The molecule has 2 aromatic rings. The number of methoxy groups -OCH3 is 2. The normalized spacial score (nSPS) is 10.3. The van der Waals surface area contributed by atoms with Crippen LogP contribution < -0.4 is 15.2 Å². The quantitative estimate of drug-likeness (QED) is 0.881. The van der Waals surface area contributed by atoms with Crippen LogP contribution in [0.3, 0.4) is 0 Å². The van der Waals surface area contributed by atoms with Crippen molar-refractivity contribution < 1.29 is 14.0 Å². The van der Waals surface area contributed by atoms with E-state index in [4.69, 9.17) is 19.7 Å².